The van der Waals surface area contributed by atoms with Gasteiger partial charge in [0.25, 0.3) is 0 Å². The molecular formula is C32H33N5O4S. The lowest BCUT2D eigenvalue weighted by Crippen LogP contribution is -2.29. The monoisotopic (exact) mass is 583 g/mol. The van der Waals surface area contributed by atoms with Crippen LogP contribution in [0.1, 0.15) is 58.4 Å². The highest BCUT2D eigenvalue weighted by molar-refractivity contribution is 7.80. The number of hydrogen-bond acceptors (Lipinski definition) is 6. The summed E-state index contributed by atoms with van der Waals surface area (Å²) in [6.07, 6.45) is 2.14. The highest BCUT2D eigenvalue weighted by Crippen LogP contribution is 2.45. The van der Waals surface area contributed by atoms with E-state index in [1.165, 1.54) is 7.11 Å². The Morgan fingerprint density at radius 3 is 2.40 bits per heavy atom. The maximum absolute atomic E-state index is 12.1. The number of rotatable bonds is 8. The van der Waals surface area contributed by atoms with Crippen LogP contribution < -0.4 is 20.3 Å². The number of amides is 1. The van der Waals surface area contributed by atoms with Gasteiger partial charge in [0.15, 0.2) is 5.11 Å². The van der Waals surface area contributed by atoms with E-state index in [-0.39, 0.29) is 24.0 Å². The molecule has 1 amide bonds. The van der Waals surface area contributed by atoms with E-state index in [0.29, 0.717) is 28.5 Å². The van der Waals surface area contributed by atoms with Gasteiger partial charge in [0, 0.05) is 41.4 Å². The summed E-state index contributed by atoms with van der Waals surface area (Å²) >= 11 is 5.93. The lowest BCUT2D eigenvalue weighted by Gasteiger charge is -2.29. The molecular weight excluding hydrogens is 550 g/mol. The van der Waals surface area contributed by atoms with E-state index in [1.54, 1.807) is 32.4 Å². The zero-order chi connectivity index (χ0) is 30.0. The van der Waals surface area contributed by atoms with Crippen molar-refractivity contribution < 1.29 is 19.1 Å². The SMILES string of the molecule is CCC(=O)Nc1ccc(N2C(=S)N[C@@H](c3ccccn3)[C@H]2c2cc(C)n(-c3ccc(C(=O)OC)cc3)c2C)cc1OC. The summed E-state index contributed by atoms with van der Waals surface area (Å²) in [5.74, 6) is 0.0612. The van der Waals surface area contributed by atoms with E-state index in [1.807, 2.05) is 48.5 Å². The van der Waals surface area contributed by atoms with Crippen LogP contribution in [0, 0.1) is 13.8 Å². The number of pyridine rings is 1. The summed E-state index contributed by atoms with van der Waals surface area (Å²) in [5, 5.41) is 6.95. The van der Waals surface area contributed by atoms with Crippen molar-refractivity contribution in [2.45, 2.75) is 39.3 Å². The van der Waals surface area contributed by atoms with Gasteiger partial charge in [-0.15, -0.1) is 0 Å². The van der Waals surface area contributed by atoms with Gasteiger partial charge in [-0.2, -0.15) is 0 Å². The lowest BCUT2D eigenvalue weighted by molar-refractivity contribution is -0.115. The summed E-state index contributed by atoms with van der Waals surface area (Å²) in [7, 11) is 2.95. The zero-order valence-electron chi connectivity index (χ0n) is 24.2. The number of carbonyl (C=O) groups is 2. The van der Waals surface area contributed by atoms with E-state index < -0.39 is 0 Å². The second-order valence-corrected chi connectivity index (χ2v) is 10.4. The first-order valence-corrected chi connectivity index (χ1v) is 14.0. The van der Waals surface area contributed by atoms with Crippen LogP contribution in [0.25, 0.3) is 5.69 Å². The molecule has 216 valence electrons. The number of carbonyl (C=O) groups excluding carboxylic acids is 2. The molecule has 10 heteroatoms. The fraction of sp³-hybridized carbons (Fsp3) is 0.250. The van der Waals surface area contributed by atoms with Crippen LogP contribution in [0.2, 0.25) is 0 Å². The number of nitrogens with zero attached hydrogens (tertiary/aromatic N) is 3. The first-order valence-electron chi connectivity index (χ1n) is 13.6. The summed E-state index contributed by atoms with van der Waals surface area (Å²) in [6, 6.07) is 20.5. The third kappa shape index (κ3) is 5.33. The van der Waals surface area contributed by atoms with Crippen LogP contribution in [0.4, 0.5) is 11.4 Å². The van der Waals surface area contributed by atoms with E-state index in [4.69, 9.17) is 21.7 Å². The Labute approximate surface area is 250 Å². The van der Waals surface area contributed by atoms with Gasteiger partial charge in [-0.3, -0.25) is 9.78 Å². The predicted molar refractivity (Wildman–Crippen MR) is 166 cm³/mol. The van der Waals surface area contributed by atoms with Crippen molar-refractivity contribution in [2.75, 3.05) is 24.4 Å². The molecule has 2 atom stereocenters. The van der Waals surface area contributed by atoms with Crippen molar-refractivity contribution >= 4 is 40.6 Å². The third-order valence-electron chi connectivity index (χ3n) is 7.49. The Balaban J connectivity index is 1.62. The normalized spacial score (nSPS) is 16.2. The standard InChI is InChI=1S/C32H33N5O4S/c1-6-28(38)34-25-15-14-23(18-27(25)40-4)37-30(29(35-32(37)42)26-9-7-8-16-33-26)24-17-19(2)36(20(24)3)22-12-10-21(11-13-22)31(39)41-5/h7-18,29-30H,6H2,1-5H3,(H,34,38)(H,35,42)/t29-,30+/m0/s1. The molecule has 0 aliphatic carbocycles. The van der Waals surface area contributed by atoms with Crippen LogP contribution in [0.5, 0.6) is 5.75 Å². The van der Waals surface area contributed by atoms with E-state index in [0.717, 1.165) is 34.0 Å². The molecule has 0 saturated carbocycles. The van der Waals surface area contributed by atoms with Gasteiger partial charge in [0.2, 0.25) is 5.91 Å². The molecule has 3 heterocycles. The Kier molecular flexibility index (Phi) is 8.26. The molecule has 1 fully saturated rings. The fourth-order valence-electron chi connectivity index (χ4n) is 5.47. The average Bonchev–Trinajstić information content (AvgIpc) is 3.51. The highest BCUT2D eigenvalue weighted by Gasteiger charge is 2.42. The van der Waals surface area contributed by atoms with Crippen molar-refractivity contribution in [3.8, 4) is 11.4 Å². The van der Waals surface area contributed by atoms with Gasteiger partial charge in [0.05, 0.1) is 43.2 Å². The second kappa shape index (κ2) is 12.0. The van der Waals surface area contributed by atoms with E-state index in [2.05, 4.69) is 45.0 Å². The molecule has 0 spiro atoms. The van der Waals surface area contributed by atoms with Gasteiger partial charge in [-0.1, -0.05) is 13.0 Å². The number of methoxy groups -OCH3 is 2. The van der Waals surface area contributed by atoms with Crippen LogP contribution >= 0.6 is 12.2 Å². The molecule has 0 unspecified atom stereocenters. The molecule has 0 radical (unpaired) electrons. The Bertz CT molecular complexity index is 1630. The molecule has 0 bridgehead atoms. The maximum atomic E-state index is 12.1. The zero-order valence-corrected chi connectivity index (χ0v) is 25.0. The fourth-order valence-corrected chi connectivity index (χ4v) is 5.82. The topological polar surface area (TPSA) is 97.7 Å². The molecule has 2 N–H and O–H groups in total. The minimum atomic E-state index is -0.377. The first kappa shape index (κ1) is 28.8. The predicted octanol–water partition coefficient (Wildman–Crippen LogP) is 5.81. The average molecular weight is 584 g/mol. The summed E-state index contributed by atoms with van der Waals surface area (Å²) < 4.78 is 12.7. The van der Waals surface area contributed by atoms with Gasteiger partial charge < -0.3 is 29.6 Å². The summed E-state index contributed by atoms with van der Waals surface area (Å²) in [5.41, 5.74) is 6.81. The second-order valence-electron chi connectivity index (χ2n) is 9.98. The van der Waals surface area contributed by atoms with Crippen LogP contribution in [0.15, 0.2) is 72.9 Å². The minimum Gasteiger partial charge on any atom is -0.494 e. The molecule has 1 aliphatic rings. The third-order valence-corrected chi connectivity index (χ3v) is 7.81. The van der Waals surface area contributed by atoms with Crippen molar-refractivity contribution in [2.24, 2.45) is 0 Å². The summed E-state index contributed by atoms with van der Waals surface area (Å²) in [6.45, 7) is 5.94. The molecule has 2 aromatic carbocycles. The number of ether oxygens (including phenoxy) is 2. The van der Waals surface area contributed by atoms with Crippen molar-refractivity contribution in [1.82, 2.24) is 14.9 Å². The molecule has 1 saturated heterocycles. The largest absolute Gasteiger partial charge is 0.494 e. The lowest BCUT2D eigenvalue weighted by atomic mass is 9.96. The van der Waals surface area contributed by atoms with Gasteiger partial charge in [-0.05, 0) is 86.2 Å². The van der Waals surface area contributed by atoms with Crippen molar-refractivity contribution in [3.63, 3.8) is 0 Å². The molecule has 5 rings (SSSR count). The maximum Gasteiger partial charge on any atom is 0.337 e. The molecule has 1 aliphatic heterocycles. The Morgan fingerprint density at radius 1 is 1.02 bits per heavy atom. The Morgan fingerprint density at radius 2 is 1.76 bits per heavy atom. The molecule has 9 nitrogen and oxygen atoms in total. The Hall–Kier alpha value is -4.70. The number of nitrogens with one attached hydrogen (secondary N) is 2. The van der Waals surface area contributed by atoms with Crippen LogP contribution in [0.3, 0.4) is 0 Å². The number of anilines is 2. The quantitative estimate of drug-likeness (QED) is 0.198. The number of aromatic nitrogens is 2. The van der Waals surface area contributed by atoms with Gasteiger partial charge >= 0.3 is 5.97 Å². The number of benzene rings is 2. The number of aryl methyl sites for hydroxylation is 1. The van der Waals surface area contributed by atoms with Crippen molar-refractivity contribution in [3.05, 3.63) is 101 Å². The number of esters is 1. The van der Waals surface area contributed by atoms with Crippen LogP contribution in [-0.4, -0.2) is 40.8 Å². The first-order chi connectivity index (χ1) is 20.3. The smallest absolute Gasteiger partial charge is 0.337 e. The molecule has 42 heavy (non-hydrogen) atoms. The number of hydrogen-bond donors (Lipinski definition) is 2. The summed E-state index contributed by atoms with van der Waals surface area (Å²) in [4.78, 5) is 30.8. The van der Waals surface area contributed by atoms with Crippen molar-refractivity contribution in [1.29, 1.82) is 0 Å². The number of thiocarbonyl (C=S) groups is 1. The van der Waals surface area contributed by atoms with Gasteiger partial charge in [0.1, 0.15) is 5.75 Å². The molecule has 2 aromatic heterocycles. The van der Waals surface area contributed by atoms with E-state index >= 15 is 0 Å². The highest BCUT2D eigenvalue weighted by atomic mass is 32.1. The molecule has 4 aromatic rings. The van der Waals surface area contributed by atoms with Gasteiger partial charge in [-0.25, -0.2) is 4.79 Å². The minimum absolute atomic E-state index is 0.0976. The van der Waals surface area contributed by atoms with Crippen LogP contribution in [-0.2, 0) is 9.53 Å². The van der Waals surface area contributed by atoms with E-state index in [9.17, 15) is 9.59 Å².